The van der Waals surface area contributed by atoms with Gasteiger partial charge in [0.2, 0.25) is 0 Å². The van der Waals surface area contributed by atoms with Crippen LogP contribution < -0.4 is 10.1 Å². The van der Waals surface area contributed by atoms with Crippen LogP contribution in [-0.4, -0.2) is 41.6 Å². The normalized spacial score (nSPS) is 15.9. The van der Waals surface area contributed by atoms with Gasteiger partial charge in [-0.05, 0) is 69.3 Å². The predicted octanol–water partition coefficient (Wildman–Crippen LogP) is 2.99. The van der Waals surface area contributed by atoms with Crippen LogP contribution in [-0.2, 0) is 7.05 Å². The Balaban J connectivity index is 1.66. The van der Waals surface area contributed by atoms with Gasteiger partial charge in [0.1, 0.15) is 5.75 Å². The van der Waals surface area contributed by atoms with Crippen LogP contribution in [0.4, 0.5) is 0 Å². The van der Waals surface area contributed by atoms with Gasteiger partial charge in [0.05, 0.1) is 12.6 Å². The molecule has 1 atom stereocenters. The van der Waals surface area contributed by atoms with Crippen LogP contribution in [0, 0.1) is 0 Å². The predicted molar refractivity (Wildman–Crippen MR) is 98.9 cm³/mol. The lowest BCUT2D eigenvalue weighted by Gasteiger charge is -2.28. The van der Waals surface area contributed by atoms with E-state index in [1.165, 1.54) is 18.5 Å². The van der Waals surface area contributed by atoms with Crippen LogP contribution in [0.15, 0.2) is 42.6 Å². The van der Waals surface area contributed by atoms with E-state index in [1.807, 2.05) is 31.2 Å². The number of carbonyl (C=O) groups is 1. The van der Waals surface area contributed by atoms with Gasteiger partial charge in [-0.25, -0.2) is 0 Å². The number of nitrogens with one attached hydrogen (secondary N) is 1. The summed E-state index contributed by atoms with van der Waals surface area (Å²) in [5.41, 5.74) is 1.91. The molecule has 0 saturated carbocycles. The van der Waals surface area contributed by atoms with E-state index in [0.717, 1.165) is 18.8 Å². The van der Waals surface area contributed by atoms with Gasteiger partial charge < -0.3 is 14.6 Å². The highest BCUT2D eigenvalue weighted by atomic mass is 16.5. The maximum absolute atomic E-state index is 12.5. The number of hydrogen-bond acceptors (Lipinski definition) is 3. The van der Waals surface area contributed by atoms with Crippen LogP contribution in [0.25, 0.3) is 0 Å². The van der Waals surface area contributed by atoms with Crippen molar-refractivity contribution in [1.82, 2.24) is 14.8 Å². The van der Waals surface area contributed by atoms with E-state index in [4.69, 9.17) is 4.74 Å². The highest BCUT2D eigenvalue weighted by molar-refractivity contribution is 5.94. The van der Waals surface area contributed by atoms with Gasteiger partial charge in [0, 0.05) is 31.0 Å². The molecule has 2 heterocycles. The first-order valence-corrected chi connectivity index (χ1v) is 9.05. The van der Waals surface area contributed by atoms with Crippen molar-refractivity contribution in [2.75, 3.05) is 26.2 Å². The minimum atomic E-state index is -0.0403. The molecule has 1 saturated heterocycles. The molecule has 1 aliphatic heterocycles. The summed E-state index contributed by atoms with van der Waals surface area (Å²) in [5.74, 6) is 0.749. The summed E-state index contributed by atoms with van der Waals surface area (Å²) in [6.07, 6.45) is 4.52. The molecule has 1 aliphatic rings. The quantitative estimate of drug-likeness (QED) is 0.842. The van der Waals surface area contributed by atoms with Crippen LogP contribution in [0.1, 0.15) is 41.9 Å². The Hall–Kier alpha value is -2.27. The summed E-state index contributed by atoms with van der Waals surface area (Å²) < 4.78 is 7.57. The van der Waals surface area contributed by atoms with Gasteiger partial charge in [-0.2, -0.15) is 0 Å². The van der Waals surface area contributed by atoms with Crippen molar-refractivity contribution in [3.8, 4) is 5.75 Å². The molecule has 1 amide bonds. The highest BCUT2D eigenvalue weighted by Gasteiger charge is 2.25. The van der Waals surface area contributed by atoms with Crippen LogP contribution in [0.2, 0.25) is 0 Å². The third kappa shape index (κ3) is 4.23. The third-order valence-electron chi connectivity index (χ3n) is 4.79. The van der Waals surface area contributed by atoms with Gasteiger partial charge >= 0.3 is 0 Å². The number of benzene rings is 1. The zero-order valence-corrected chi connectivity index (χ0v) is 15.1. The molecule has 0 bridgehead atoms. The maximum Gasteiger partial charge on any atom is 0.251 e. The van der Waals surface area contributed by atoms with E-state index in [2.05, 4.69) is 40.2 Å². The maximum atomic E-state index is 12.5. The molecular weight excluding hydrogens is 314 g/mol. The monoisotopic (exact) mass is 341 g/mol. The molecule has 1 aromatic carbocycles. The topological polar surface area (TPSA) is 46.5 Å². The molecule has 2 aromatic rings. The minimum absolute atomic E-state index is 0.0403. The van der Waals surface area contributed by atoms with Crippen molar-refractivity contribution in [1.29, 1.82) is 0 Å². The van der Waals surface area contributed by atoms with E-state index >= 15 is 0 Å². The molecule has 5 heteroatoms. The van der Waals surface area contributed by atoms with Gasteiger partial charge in [0.25, 0.3) is 5.91 Å². The second kappa shape index (κ2) is 8.21. The number of likely N-dealkylation sites (tertiary alicyclic amines) is 1. The van der Waals surface area contributed by atoms with Crippen molar-refractivity contribution in [3.05, 3.63) is 53.9 Å². The van der Waals surface area contributed by atoms with Crippen LogP contribution >= 0.6 is 0 Å². The Bertz CT molecular complexity index is 687. The molecule has 3 rings (SSSR count). The van der Waals surface area contributed by atoms with Gasteiger partial charge in [-0.15, -0.1) is 0 Å². The lowest BCUT2D eigenvalue weighted by atomic mass is 10.1. The summed E-state index contributed by atoms with van der Waals surface area (Å²) in [6.45, 7) is 5.37. The average molecular weight is 341 g/mol. The molecular formula is C20H27N3O2. The lowest BCUT2D eigenvalue weighted by Crippen LogP contribution is -2.37. The van der Waals surface area contributed by atoms with E-state index in [9.17, 15) is 4.79 Å². The summed E-state index contributed by atoms with van der Waals surface area (Å²) in [6, 6.07) is 11.7. The second-order valence-corrected chi connectivity index (χ2v) is 6.47. The van der Waals surface area contributed by atoms with E-state index in [-0.39, 0.29) is 11.9 Å². The summed E-state index contributed by atoms with van der Waals surface area (Å²) in [7, 11) is 2.06. The summed E-state index contributed by atoms with van der Waals surface area (Å²) in [5, 5.41) is 3.11. The van der Waals surface area contributed by atoms with Gasteiger partial charge in [-0.3, -0.25) is 9.69 Å². The summed E-state index contributed by atoms with van der Waals surface area (Å²) in [4.78, 5) is 15.0. The minimum Gasteiger partial charge on any atom is -0.494 e. The second-order valence-electron chi connectivity index (χ2n) is 6.47. The van der Waals surface area contributed by atoms with Crippen molar-refractivity contribution < 1.29 is 9.53 Å². The van der Waals surface area contributed by atoms with Crippen molar-refractivity contribution in [2.24, 2.45) is 7.05 Å². The Morgan fingerprint density at radius 1 is 1.20 bits per heavy atom. The molecule has 1 fully saturated rings. The van der Waals surface area contributed by atoms with Crippen molar-refractivity contribution in [2.45, 2.75) is 25.8 Å². The highest BCUT2D eigenvalue weighted by Crippen LogP contribution is 2.24. The molecule has 0 spiro atoms. The average Bonchev–Trinajstić information content (AvgIpc) is 3.29. The Labute approximate surface area is 149 Å². The number of nitrogens with zero attached hydrogens (tertiary/aromatic N) is 2. The fraction of sp³-hybridized carbons (Fsp3) is 0.450. The molecule has 1 unspecified atom stereocenters. The molecule has 5 nitrogen and oxygen atoms in total. The van der Waals surface area contributed by atoms with Crippen molar-refractivity contribution >= 4 is 5.91 Å². The van der Waals surface area contributed by atoms with E-state index < -0.39 is 0 Å². The smallest absolute Gasteiger partial charge is 0.251 e. The van der Waals surface area contributed by atoms with Gasteiger partial charge in [0.15, 0.2) is 0 Å². The number of carbonyl (C=O) groups excluding carboxylic acids is 1. The molecule has 1 N–H and O–H groups in total. The molecule has 0 aliphatic carbocycles. The zero-order valence-electron chi connectivity index (χ0n) is 15.1. The first-order valence-electron chi connectivity index (χ1n) is 9.05. The number of aryl methyl sites for hydroxylation is 1. The fourth-order valence-corrected chi connectivity index (χ4v) is 3.46. The van der Waals surface area contributed by atoms with Crippen LogP contribution in [0.3, 0.4) is 0 Å². The number of hydrogen-bond donors (Lipinski definition) is 1. The molecule has 0 radical (unpaired) electrons. The fourth-order valence-electron chi connectivity index (χ4n) is 3.46. The summed E-state index contributed by atoms with van der Waals surface area (Å²) >= 11 is 0. The first-order chi connectivity index (χ1) is 12.2. The number of ether oxygens (including phenoxy) is 1. The third-order valence-corrected chi connectivity index (χ3v) is 4.79. The lowest BCUT2D eigenvalue weighted by molar-refractivity contribution is 0.0936. The van der Waals surface area contributed by atoms with E-state index in [0.29, 0.717) is 18.7 Å². The standard InChI is InChI=1S/C20H27N3O2/c1-3-25-17-10-8-16(9-11-17)20(24)21-15-19(23-13-4-5-14-23)18-7-6-12-22(18)2/h6-12,19H,3-5,13-15H2,1-2H3,(H,21,24). The largest absolute Gasteiger partial charge is 0.494 e. The zero-order chi connectivity index (χ0) is 17.6. The number of rotatable bonds is 7. The first kappa shape index (κ1) is 17.5. The molecule has 25 heavy (non-hydrogen) atoms. The Morgan fingerprint density at radius 2 is 1.92 bits per heavy atom. The van der Waals surface area contributed by atoms with Gasteiger partial charge in [-0.1, -0.05) is 0 Å². The SMILES string of the molecule is CCOc1ccc(C(=O)NCC(c2cccn2C)N2CCCC2)cc1. The Kier molecular flexibility index (Phi) is 5.76. The van der Waals surface area contributed by atoms with E-state index in [1.54, 1.807) is 0 Å². The number of amides is 1. The van der Waals surface area contributed by atoms with Crippen LogP contribution in [0.5, 0.6) is 5.75 Å². The number of aromatic nitrogens is 1. The van der Waals surface area contributed by atoms with Crippen molar-refractivity contribution in [3.63, 3.8) is 0 Å². The molecule has 1 aromatic heterocycles. The Morgan fingerprint density at radius 3 is 2.52 bits per heavy atom. The molecule has 134 valence electrons.